The first kappa shape index (κ1) is 32.2. The van der Waals surface area contributed by atoms with Crippen molar-refractivity contribution in [1.29, 1.82) is 0 Å². The number of alkyl carbamates (subject to hydrolysis) is 1. The summed E-state index contributed by atoms with van der Waals surface area (Å²) in [4.78, 5) is 28.8. The highest BCUT2D eigenvalue weighted by atomic mass is 32.2. The Bertz CT molecular complexity index is 1470. The number of ether oxygens (including phenoxy) is 2. The lowest BCUT2D eigenvalue weighted by Gasteiger charge is -2.27. The maximum atomic E-state index is 14.0. The number of nitrogens with zero attached hydrogens (tertiary/aromatic N) is 3. The van der Waals surface area contributed by atoms with Gasteiger partial charge in [-0.3, -0.25) is 4.79 Å². The molecule has 2 amide bonds. The molecule has 43 heavy (non-hydrogen) atoms. The number of rotatable bonds is 7. The summed E-state index contributed by atoms with van der Waals surface area (Å²) < 4.78 is 56.0. The number of hydrogen-bond donors (Lipinski definition) is 1. The van der Waals surface area contributed by atoms with Crippen molar-refractivity contribution in [2.24, 2.45) is 0 Å². The molecule has 2 atom stereocenters. The van der Waals surface area contributed by atoms with Crippen LogP contribution in [0.3, 0.4) is 0 Å². The summed E-state index contributed by atoms with van der Waals surface area (Å²) in [5.74, 6) is -2.66. The van der Waals surface area contributed by atoms with Crippen molar-refractivity contribution < 1.29 is 36.7 Å². The van der Waals surface area contributed by atoms with Crippen LogP contribution in [0.25, 0.3) is 11.5 Å². The molecular weight excluding hydrogens is 585 g/mol. The minimum atomic E-state index is -3.34. The average Bonchev–Trinajstić information content (AvgIpc) is 3.36. The van der Waals surface area contributed by atoms with Crippen LogP contribution in [-0.2, 0) is 21.5 Å². The number of carbonyl (C=O) groups excluding carboxylic acids is 2. The van der Waals surface area contributed by atoms with Crippen molar-refractivity contribution in [3.8, 4) is 17.2 Å². The maximum absolute atomic E-state index is 14.0. The largest absolute Gasteiger partial charge is 0.453 e. The number of nitrogens with one attached hydrogen (secondary N) is 1. The maximum Gasteiger partial charge on any atom is 0.408 e. The molecule has 2 heterocycles. The summed E-state index contributed by atoms with van der Waals surface area (Å²) in [6.45, 7) is 11.7. The lowest BCUT2D eigenvalue weighted by molar-refractivity contribution is -0.152. The summed E-state index contributed by atoms with van der Waals surface area (Å²) in [6.07, 6.45) is -4.06. The third kappa shape index (κ3) is 8.01. The van der Waals surface area contributed by atoms with Crippen LogP contribution in [0, 0.1) is 0 Å². The van der Waals surface area contributed by atoms with Crippen molar-refractivity contribution in [2.75, 3.05) is 10.7 Å². The molecule has 0 radical (unpaired) electrons. The zero-order chi connectivity index (χ0) is 31.7. The number of hydrogen-bond acceptors (Lipinski definition) is 8. The lowest BCUT2D eigenvalue weighted by Crippen LogP contribution is -2.50. The van der Waals surface area contributed by atoms with Crippen molar-refractivity contribution in [3.05, 3.63) is 53.9 Å². The van der Waals surface area contributed by atoms with Gasteiger partial charge in [-0.15, -0.1) is 22.0 Å². The second-order valence-electron chi connectivity index (χ2n) is 12.3. The fourth-order valence-corrected chi connectivity index (χ4v) is 5.07. The predicted octanol–water partition coefficient (Wildman–Crippen LogP) is 6.90. The van der Waals surface area contributed by atoms with Gasteiger partial charge in [0.15, 0.2) is 0 Å². The average molecular weight is 621 g/mol. The van der Waals surface area contributed by atoms with Gasteiger partial charge in [-0.05, 0) is 56.7 Å². The number of anilines is 1. The summed E-state index contributed by atoms with van der Waals surface area (Å²) in [7, 11) is 0. The van der Waals surface area contributed by atoms with E-state index in [1.165, 1.54) is 28.8 Å². The van der Waals surface area contributed by atoms with E-state index in [9.17, 15) is 22.8 Å². The van der Waals surface area contributed by atoms with Crippen molar-refractivity contribution in [2.45, 2.75) is 89.2 Å². The molecule has 1 aliphatic rings. The van der Waals surface area contributed by atoms with Gasteiger partial charge < -0.3 is 24.1 Å². The van der Waals surface area contributed by atoms with Crippen LogP contribution in [0.2, 0.25) is 0 Å². The molecule has 1 N–H and O–H groups in total. The molecule has 0 saturated heterocycles. The fraction of sp³-hybridized carbons (Fsp3) is 0.467. The van der Waals surface area contributed by atoms with Gasteiger partial charge >= 0.3 is 18.4 Å². The van der Waals surface area contributed by atoms with Gasteiger partial charge in [-0.25, -0.2) is 13.6 Å². The summed E-state index contributed by atoms with van der Waals surface area (Å²) >= 11 is 1.39. The SMILES string of the molecule is CC(C)(C)OC(=O)N[C@H]1CSc2ccc(-c3nnc(C(C)(C)C)o3)cc2N(Cc2ccc(OC(C)(F)C(F)F)cc2)C1=O. The van der Waals surface area contributed by atoms with E-state index in [1.54, 1.807) is 39.0 Å². The molecule has 232 valence electrons. The highest BCUT2D eigenvalue weighted by Crippen LogP contribution is 2.39. The molecule has 0 saturated carbocycles. The molecule has 2 aromatic carbocycles. The van der Waals surface area contributed by atoms with E-state index in [1.807, 2.05) is 32.9 Å². The first-order valence-corrected chi connectivity index (χ1v) is 14.6. The van der Waals surface area contributed by atoms with Crippen LogP contribution in [-0.4, -0.2) is 51.9 Å². The van der Waals surface area contributed by atoms with Gasteiger partial charge in [0.2, 0.25) is 11.8 Å². The van der Waals surface area contributed by atoms with Crippen LogP contribution >= 0.6 is 11.8 Å². The number of carbonyl (C=O) groups is 2. The predicted molar refractivity (Wildman–Crippen MR) is 156 cm³/mol. The molecule has 1 aliphatic heterocycles. The number of amides is 2. The number of halogens is 3. The van der Waals surface area contributed by atoms with Crippen LogP contribution in [0.5, 0.6) is 5.75 Å². The molecule has 3 aromatic rings. The Balaban J connectivity index is 1.68. The molecule has 0 aliphatic carbocycles. The van der Waals surface area contributed by atoms with Crippen LogP contribution in [0.1, 0.15) is 59.9 Å². The fourth-order valence-electron chi connectivity index (χ4n) is 4.01. The van der Waals surface area contributed by atoms with Crippen LogP contribution < -0.4 is 15.0 Å². The zero-order valence-corrected chi connectivity index (χ0v) is 25.9. The third-order valence-electron chi connectivity index (χ3n) is 6.20. The topological polar surface area (TPSA) is 107 Å². The van der Waals surface area contributed by atoms with E-state index >= 15 is 0 Å². The summed E-state index contributed by atoms with van der Waals surface area (Å²) in [6, 6.07) is 10.3. The number of fused-ring (bicyclic) bond motifs is 1. The Morgan fingerprint density at radius 3 is 2.35 bits per heavy atom. The second kappa shape index (κ2) is 12.1. The van der Waals surface area contributed by atoms with E-state index in [0.717, 1.165) is 4.90 Å². The van der Waals surface area contributed by atoms with Gasteiger partial charge in [0.25, 0.3) is 5.91 Å². The molecule has 0 fully saturated rings. The summed E-state index contributed by atoms with van der Waals surface area (Å²) in [5, 5.41) is 11.0. The van der Waals surface area contributed by atoms with E-state index in [2.05, 4.69) is 15.5 Å². The van der Waals surface area contributed by atoms with E-state index in [4.69, 9.17) is 13.9 Å². The Hall–Kier alpha value is -3.74. The second-order valence-corrected chi connectivity index (χ2v) is 13.4. The zero-order valence-electron chi connectivity index (χ0n) is 25.0. The quantitative estimate of drug-likeness (QED) is 0.304. The third-order valence-corrected chi connectivity index (χ3v) is 7.35. The Morgan fingerprint density at radius 1 is 1.09 bits per heavy atom. The van der Waals surface area contributed by atoms with Gasteiger partial charge in [-0.1, -0.05) is 32.9 Å². The molecule has 13 heteroatoms. The number of benzene rings is 2. The molecule has 1 aromatic heterocycles. The monoisotopic (exact) mass is 620 g/mol. The Morgan fingerprint density at radius 2 is 1.77 bits per heavy atom. The molecule has 4 rings (SSSR count). The molecule has 0 bridgehead atoms. The van der Waals surface area contributed by atoms with Crippen molar-refractivity contribution >= 4 is 29.4 Å². The number of aromatic nitrogens is 2. The smallest absolute Gasteiger partial charge is 0.408 e. The number of thioether (sulfide) groups is 1. The van der Waals surface area contributed by atoms with E-state index < -0.39 is 35.9 Å². The Labute approximate surface area is 252 Å². The van der Waals surface area contributed by atoms with Gasteiger partial charge in [0.05, 0.1) is 12.2 Å². The highest BCUT2D eigenvalue weighted by molar-refractivity contribution is 7.99. The van der Waals surface area contributed by atoms with Crippen LogP contribution in [0.15, 0.2) is 51.8 Å². The first-order chi connectivity index (χ1) is 19.9. The molecule has 9 nitrogen and oxygen atoms in total. The Kier molecular flexibility index (Phi) is 9.05. The van der Waals surface area contributed by atoms with Crippen molar-refractivity contribution in [1.82, 2.24) is 15.5 Å². The first-order valence-electron chi connectivity index (χ1n) is 13.6. The van der Waals surface area contributed by atoms with E-state index in [-0.39, 0.29) is 29.4 Å². The summed E-state index contributed by atoms with van der Waals surface area (Å²) in [5.41, 5.74) is 0.621. The van der Waals surface area contributed by atoms with Gasteiger partial charge in [0.1, 0.15) is 17.4 Å². The van der Waals surface area contributed by atoms with Crippen LogP contribution in [0.4, 0.5) is 23.7 Å². The van der Waals surface area contributed by atoms with Gasteiger partial charge in [-0.2, -0.15) is 4.39 Å². The van der Waals surface area contributed by atoms with E-state index in [0.29, 0.717) is 29.6 Å². The molecular formula is C30H35F3N4O5S. The van der Waals surface area contributed by atoms with Crippen molar-refractivity contribution in [3.63, 3.8) is 0 Å². The minimum Gasteiger partial charge on any atom is -0.453 e. The lowest BCUT2D eigenvalue weighted by atomic mass is 9.97. The molecule has 1 unspecified atom stereocenters. The number of alkyl halides is 3. The normalized spacial score (nSPS) is 17.2. The highest BCUT2D eigenvalue weighted by Gasteiger charge is 2.38. The standard InChI is InChI=1S/C30H35F3N4O5S/c1-28(2,3)26-36-35-23(40-26)18-10-13-22-21(14-18)37(24(38)20(16-43-22)34-27(39)42-29(4,5)6)15-17-8-11-19(12-9-17)41-30(7,33)25(31)32/h8-14,20,25H,15-16H2,1-7H3,(H,34,39)/t20-,30?/m0/s1. The van der Waals surface area contributed by atoms with Gasteiger partial charge in [0, 0.05) is 28.6 Å². The minimum absolute atomic E-state index is 0.0431. The molecule has 0 spiro atoms.